The van der Waals surface area contributed by atoms with Gasteiger partial charge in [-0.3, -0.25) is 0 Å². The fourth-order valence-corrected chi connectivity index (χ4v) is 22.7. The summed E-state index contributed by atoms with van der Waals surface area (Å²) in [5.41, 5.74) is 34.5. The van der Waals surface area contributed by atoms with Crippen LogP contribution in [-0.4, -0.2) is 45.1 Å². The van der Waals surface area contributed by atoms with Gasteiger partial charge in [0.2, 0.25) is 0 Å². The zero-order chi connectivity index (χ0) is 75.4. The summed E-state index contributed by atoms with van der Waals surface area (Å²) in [6.45, 7) is 9.24. The Hall–Kier alpha value is -14.6. The number of rotatable bonds is 0. The number of hydrogen-bond acceptors (Lipinski definition) is 8. The Labute approximate surface area is 663 Å². The van der Waals surface area contributed by atoms with Gasteiger partial charge in [-0.15, -0.1) is 0 Å². The maximum atomic E-state index is 6.47. The van der Waals surface area contributed by atoms with Crippen LogP contribution in [0.25, 0.3) is 110 Å². The number of aryl methyl sites for hydroxylation is 4. The van der Waals surface area contributed by atoms with Gasteiger partial charge in [0, 0.05) is 87.7 Å². The summed E-state index contributed by atoms with van der Waals surface area (Å²) in [6.07, 6.45) is 0. The third-order valence-electron chi connectivity index (χ3n) is 27.0. The Morgan fingerprint density at radius 2 is 0.534 bits per heavy atom. The largest absolute Gasteiger partial charge is 0.458 e. The lowest BCUT2D eigenvalue weighted by molar-refractivity contribution is 0.462. The molecule has 0 fully saturated rings. The van der Waals surface area contributed by atoms with Crippen LogP contribution in [-0.2, 0) is 0 Å². The molecule has 0 aliphatic carbocycles. The zero-order valence-electron chi connectivity index (χ0n) is 62.8. The van der Waals surface area contributed by atoms with Crippen molar-refractivity contribution in [2.45, 2.75) is 27.7 Å². The Bertz CT molecular complexity index is 8190. The number of para-hydroxylation sites is 4. The molecular formula is C100H56B4N4O8. The van der Waals surface area contributed by atoms with Gasteiger partial charge in [-0.1, -0.05) is 115 Å². The lowest BCUT2D eigenvalue weighted by Gasteiger charge is -2.38. The number of aromatic nitrogens is 4. The lowest BCUT2D eigenvalue weighted by Crippen LogP contribution is -2.60. The van der Waals surface area contributed by atoms with Crippen LogP contribution in [0, 0.1) is 27.7 Å². The Balaban J connectivity index is 0.0000000794. The first-order chi connectivity index (χ1) is 57.2. The number of fused-ring (bicyclic) bond motifs is 16. The van der Waals surface area contributed by atoms with E-state index in [0.29, 0.717) is 0 Å². The molecule has 20 aromatic rings. The van der Waals surface area contributed by atoms with Crippen LogP contribution >= 0.6 is 0 Å². The first kappa shape index (κ1) is 61.0. The molecule has 16 heteroatoms. The first-order valence-corrected chi connectivity index (χ1v) is 40.0. The van der Waals surface area contributed by atoms with Crippen LogP contribution < -0.4 is 103 Å². The molecule has 0 bridgehead atoms. The summed E-state index contributed by atoms with van der Waals surface area (Å²) in [6, 6.07) is 94.1. The molecule has 12 aliphatic heterocycles. The monoisotopic (exact) mass is 1480 g/mol. The molecular weight excluding hydrogens is 1430 g/mol. The third kappa shape index (κ3) is 7.24. The van der Waals surface area contributed by atoms with Crippen molar-refractivity contribution in [3.63, 3.8) is 0 Å². The molecule has 12 nitrogen and oxygen atoms in total. The number of hydrogen-bond donors (Lipinski definition) is 0. The highest BCUT2D eigenvalue weighted by molar-refractivity contribution is 7.03. The summed E-state index contributed by atoms with van der Waals surface area (Å²) >= 11 is 0. The maximum absolute atomic E-state index is 6.47. The average Bonchev–Trinajstić information content (AvgIpc) is 1.42. The molecule has 0 saturated heterocycles. The highest BCUT2D eigenvalue weighted by atomic mass is 16.5. The Kier molecular flexibility index (Phi) is 11.0. The van der Waals surface area contributed by atoms with Crippen molar-refractivity contribution in [1.29, 1.82) is 0 Å². The smallest absolute Gasteiger partial charge is 0.266 e. The molecule has 4 aromatic heterocycles. The molecule has 0 N–H and O–H groups in total. The van der Waals surface area contributed by atoms with Crippen LogP contribution in [0.4, 0.5) is 0 Å². The topological polar surface area (TPSA) is 93.6 Å². The average molecular weight is 1480 g/mol. The number of benzene rings is 16. The molecule has 16 heterocycles. The quantitative estimate of drug-likeness (QED) is 0.139. The van der Waals surface area contributed by atoms with Gasteiger partial charge in [0.25, 0.3) is 26.9 Å². The van der Waals surface area contributed by atoms with E-state index >= 15 is 0 Å². The Morgan fingerprint density at radius 3 is 1.05 bits per heavy atom. The van der Waals surface area contributed by atoms with Gasteiger partial charge in [0.15, 0.2) is 0 Å². The molecule has 32 rings (SSSR count). The first-order valence-electron chi connectivity index (χ1n) is 40.0. The predicted molar refractivity (Wildman–Crippen MR) is 467 cm³/mol. The van der Waals surface area contributed by atoms with E-state index in [1.54, 1.807) is 0 Å². The van der Waals surface area contributed by atoms with Gasteiger partial charge in [-0.05, 0) is 245 Å². The third-order valence-corrected chi connectivity index (χ3v) is 27.0. The fourth-order valence-electron chi connectivity index (χ4n) is 22.7. The predicted octanol–water partition coefficient (Wildman–Crippen LogP) is 16.5. The van der Waals surface area contributed by atoms with Gasteiger partial charge < -0.3 is 56.2 Å². The van der Waals surface area contributed by atoms with Gasteiger partial charge in [0.1, 0.15) is 92.0 Å². The molecule has 0 unspecified atom stereocenters. The van der Waals surface area contributed by atoms with E-state index in [1.807, 2.05) is 24.3 Å². The van der Waals surface area contributed by atoms with Crippen molar-refractivity contribution in [3.8, 4) is 115 Å². The van der Waals surface area contributed by atoms with Crippen LogP contribution in [0.5, 0.6) is 92.0 Å². The molecule has 0 atom stereocenters. The second-order valence-electron chi connectivity index (χ2n) is 32.8. The van der Waals surface area contributed by atoms with Crippen molar-refractivity contribution >= 4 is 180 Å². The van der Waals surface area contributed by atoms with E-state index in [9.17, 15) is 0 Å². The SMILES string of the molecule is Cc1cc2c3c(c1)-n1c4ccccc4c4ccc5c(c41)B3c1c(cccc1O5)O2.Cc1ccc2c3c1-n1c4ccccc4c4ccc5c(c41)B3c1c(cccc1O5)O2.Cc1ccc2c3c1Oc1cccc4c1B3c1c(ccc3c5ccccc5n-2c13)O4.Cc1cccc2c3ccc4c5c3n(c12)-c1cccc2c1B5c1c(cccc1O4)O2. The summed E-state index contributed by atoms with van der Waals surface area (Å²) in [5.74, 6) is 14.9. The van der Waals surface area contributed by atoms with Crippen molar-refractivity contribution in [2.24, 2.45) is 0 Å². The summed E-state index contributed by atoms with van der Waals surface area (Å²) in [5, 5.41) is 10.3. The van der Waals surface area contributed by atoms with Gasteiger partial charge in [0.05, 0.1) is 44.1 Å². The second-order valence-corrected chi connectivity index (χ2v) is 32.8. The van der Waals surface area contributed by atoms with Crippen LogP contribution in [0.3, 0.4) is 0 Å². The summed E-state index contributed by atoms with van der Waals surface area (Å²) in [7, 11) is 0. The molecule has 16 aromatic carbocycles. The molecule has 0 amide bonds. The number of nitrogens with zero attached hydrogens (tertiary/aromatic N) is 4. The Morgan fingerprint density at radius 1 is 0.198 bits per heavy atom. The summed E-state index contributed by atoms with van der Waals surface area (Å²) in [4.78, 5) is 0. The highest BCUT2D eigenvalue weighted by Crippen LogP contribution is 2.50. The van der Waals surface area contributed by atoms with Crippen molar-refractivity contribution in [3.05, 3.63) is 289 Å². The van der Waals surface area contributed by atoms with E-state index in [-0.39, 0.29) is 26.9 Å². The molecule has 0 spiro atoms. The number of ether oxygens (including phenoxy) is 8. The van der Waals surface area contributed by atoms with Gasteiger partial charge >= 0.3 is 0 Å². The van der Waals surface area contributed by atoms with Crippen LogP contribution in [0.15, 0.2) is 267 Å². The van der Waals surface area contributed by atoms with Crippen molar-refractivity contribution < 1.29 is 37.9 Å². The molecule has 12 aliphatic rings. The van der Waals surface area contributed by atoms with E-state index in [4.69, 9.17) is 37.9 Å². The van der Waals surface area contributed by atoms with E-state index in [2.05, 4.69) is 289 Å². The molecule has 0 radical (unpaired) electrons. The van der Waals surface area contributed by atoms with Crippen LogP contribution in [0.2, 0.25) is 0 Å². The zero-order valence-corrected chi connectivity index (χ0v) is 62.8. The van der Waals surface area contributed by atoms with E-state index < -0.39 is 0 Å². The molecule has 116 heavy (non-hydrogen) atoms. The lowest BCUT2D eigenvalue weighted by atomic mass is 9.33. The minimum absolute atomic E-state index is 0.143. The molecule has 536 valence electrons. The second kappa shape index (κ2) is 21.0. The highest BCUT2D eigenvalue weighted by Gasteiger charge is 2.52. The van der Waals surface area contributed by atoms with Crippen molar-refractivity contribution in [2.75, 3.05) is 0 Å². The fraction of sp³-hybridized carbons (Fsp3) is 0.0400. The van der Waals surface area contributed by atoms with E-state index in [0.717, 1.165) is 114 Å². The van der Waals surface area contributed by atoms with E-state index in [1.165, 1.54) is 176 Å². The summed E-state index contributed by atoms with van der Waals surface area (Å²) < 4.78 is 60.9. The maximum Gasteiger partial charge on any atom is 0.266 e. The molecule has 0 saturated carbocycles. The minimum atomic E-state index is 0.143. The van der Waals surface area contributed by atoms with Gasteiger partial charge in [-0.25, -0.2) is 0 Å². The van der Waals surface area contributed by atoms with Crippen LogP contribution in [0.1, 0.15) is 22.3 Å². The van der Waals surface area contributed by atoms with Crippen molar-refractivity contribution in [1.82, 2.24) is 18.3 Å². The standard InChI is InChI=1S/4C25H14BNO2/c1-13-5-2-6-14-15-11-12-20-23-25(15)27(24(13)14)16-7-3-8-17-21(16)26(23)22-18(28-17)9-4-10-19(22)29-20;1-13-9-11-17-21-25(13)29-19-8-4-7-18-22(19)26(21)23-20(28-18)12-10-15-14-5-2-3-6-16(14)27(17)24(15)23;1-13-9-11-19-22-24(13)27-16-6-3-2-5-14(16)15-10-12-20-23(25(15)27)26(22)21-17(28-19)7-4-8-18(21)29-20;1-13-11-17-22-21(12-13)29-19-8-4-7-18-23(19)26(22)24-20(28-18)10-9-15-14-5-2-3-6-16(14)27(17)25(15)24/h4*2-12H,1H3. The minimum Gasteiger partial charge on any atom is -0.458 e. The normalized spacial score (nSPS) is 14.2. The van der Waals surface area contributed by atoms with Gasteiger partial charge in [-0.2, -0.15) is 0 Å².